The molecule has 9 heteroatoms. The number of Topliss-reactive ketones (excluding diaryl/α,β-unsaturated/α-hetero) is 1. The summed E-state index contributed by atoms with van der Waals surface area (Å²) in [6.45, 7) is 1.55. The molecule has 3 aromatic carbocycles. The van der Waals surface area contributed by atoms with Crippen molar-refractivity contribution in [3.05, 3.63) is 84.2 Å². The summed E-state index contributed by atoms with van der Waals surface area (Å²) in [4.78, 5) is 23.7. The second kappa shape index (κ2) is 10.1. The van der Waals surface area contributed by atoms with Crippen LogP contribution in [0.3, 0.4) is 0 Å². The van der Waals surface area contributed by atoms with E-state index in [1.165, 1.54) is 36.4 Å². The Morgan fingerprint density at radius 3 is 2.06 bits per heavy atom. The van der Waals surface area contributed by atoms with Crippen molar-refractivity contribution in [1.29, 1.82) is 0 Å². The van der Waals surface area contributed by atoms with Crippen LogP contribution in [0.15, 0.2) is 77.7 Å². The monoisotopic (exact) mass is 456 g/mol. The normalized spacial score (nSPS) is 10.9. The average molecular weight is 456 g/mol. The third kappa shape index (κ3) is 6.14. The van der Waals surface area contributed by atoms with E-state index in [4.69, 9.17) is 4.74 Å². The predicted octanol–water partition coefficient (Wildman–Crippen LogP) is 4.24. The van der Waals surface area contributed by atoms with Crippen molar-refractivity contribution in [3.63, 3.8) is 0 Å². The molecule has 1 amide bonds. The van der Waals surface area contributed by atoms with Crippen LogP contribution in [0, 0.1) is 5.82 Å². The molecule has 166 valence electrons. The van der Waals surface area contributed by atoms with Crippen LogP contribution in [0.5, 0.6) is 5.75 Å². The summed E-state index contributed by atoms with van der Waals surface area (Å²) in [7, 11) is -3.86. The highest BCUT2D eigenvalue weighted by Gasteiger charge is 2.14. The lowest BCUT2D eigenvalue weighted by atomic mass is 10.1. The molecule has 0 aliphatic rings. The third-order valence-corrected chi connectivity index (χ3v) is 5.81. The van der Waals surface area contributed by atoms with Crippen molar-refractivity contribution in [3.8, 4) is 5.75 Å². The van der Waals surface area contributed by atoms with Crippen LogP contribution in [0.4, 0.5) is 15.8 Å². The Morgan fingerprint density at radius 1 is 0.875 bits per heavy atom. The van der Waals surface area contributed by atoms with E-state index in [1.807, 2.05) is 0 Å². The first-order valence-corrected chi connectivity index (χ1v) is 11.2. The zero-order chi connectivity index (χ0) is 23.1. The number of hydrogen-bond acceptors (Lipinski definition) is 5. The van der Waals surface area contributed by atoms with Gasteiger partial charge < -0.3 is 10.1 Å². The van der Waals surface area contributed by atoms with Crippen LogP contribution in [-0.4, -0.2) is 26.7 Å². The van der Waals surface area contributed by atoms with E-state index in [0.717, 1.165) is 12.1 Å². The maximum atomic E-state index is 13.0. The van der Waals surface area contributed by atoms with Crippen molar-refractivity contribution in [2.24, 2.45) is 0 Å². The minimum absolute atomic E-state index is 0.0256. The van der Waals surface area contributed by atoms with Crippen molar-refractivity contribution in [2.45, 2.75) is 18.2 Å². The van der Waals surface area contributed by atoms with E-state index >= 15 is 0 Å². The van der Waals surface area contributed by atoms with Gasteiger partial charge in [-0.3, -0.25) is 14.3 Å². The third-order valence-electron chi connectivity index (χ3n) is 4.41. The zero-order valence-corrected chi connectivity index (χ0v) is 18.0. The molecule has 0 atom stereocenters. The number of nitrogens with one attached hydrogen (secondary N) is 2. The minimum Gasteiger partial charge on any atom is -0.484 e. The van der Waals surface area contributed by atoms with E-state index in [1.54, 1.807) is 31.2 Å². The van der Waals surface area contributed by atoms with Gasteiger partial charge in [-0.1, -0.05) is 6.92 Å². The molecular formula is C23H21FN2O5S. The van der Waals surface area contributed by atoms with Gasteiger partial charge in [-0.15, -0.1) is 0 Å². The maximum absolute atomic E-state index is 13.0. The number of carbonyl (C=O) groups excluding carboxylic acids is 2. The molecule has 0 aliphatic heterocycles. The van der Waals surface area contributed by atoms with Crippen LogP contribution < -0.4 is 14.8 Å². The lowest BCUT2D eigenvalue weighted by Crippen LogP contribution is -2.20. The van der Waals surface area contributed by atoms with Crippen molar-refractivity contribution < 1.29 is 27.1 Å². The van der Waals surface area contributed by atoms with Crippen LogP contribution >= 0.6 is 0 Å². The summed E-state index contributed by atoms with van der Waals surface area (Å²) in [6, 6.07) is 17.0. The van der Waals surface area contributed by atoms with Crippen molar-refractivity contribution in [2.75, 3.05) is 16.6 Å². The largest absolute Gasteiger partial charge is 0.484 e. The number of ether oxygens (including phenoxy) is 1. The van der Waals surface area contributed by atoms with Crippen LogP contribution in [0.2, 0.25) is 0 Å². The molecule has 0 saturated carbocycles. The van der Waals surface area contributed by atoms with Gasteiger partial charge in [-0.05, 0) is 72.8 Å². The van der Waals surface area contributed by atoms with Gasteiger partial charge in [0.25, 0.3) is 15.9 Å². The summed E-state index contributed by atoms with van der Waals surface area (Å²) in [5.41, 5.74) is 1.32. The van der Waals surface area contributed by atoms with Crippen LogP contribution in [0.25, 0.3) is 0 Å². The summed E-state index contributed by atoms with van der Waals surface area (Å²) in [5, 5.41) is 2.64. The summed E-state index contributed by atoms with van der Waals surface area (Å²) < 4.78 is 45.5. The summed E-state index contributed by atoms with van der Waals surface area (Å²) in [5.74, 6) is -0.453. The van der Waals surface area contributed by atoms with Crippen molar-refractivity contribution in [1.82, 2.24) is 0 Å². The topological polar surface area (TPSA) is 102 Å². The highest BCUT2D eigenvalue weighted by molar-refractivity contribution is 7.92. The number of halogens is 1. The second-order valence-electron chi connectivity index (χ2n) is 6.77. The average Bonchev–Trinajstić information content (AvgIpc) is 2.79. The van der Waals surface area contributed by atoms with Gasteiger partial charge in [0.2, 0.25) is 0 Å². The molecule has 0 radical (unpaired) electrons. The number of hydrogen-bond donors (Lipinski definition) is 2. The van der Waals surface area contributed by atoms with Crippen LogP contribution in [-0.2, 0) is 14.8 Å². The Balaban J connectivity index is 1.53. The SMILES string of the molecule is CCC(=O)c1ccc(OCC(=O)Nc2ccc(NS(=O)(=O)c3ccc(F)cc3)cc2)cc1. The first-order chi connectivity index (χ1) is 15.3. The van der Waals surface area contributed by atoms with E-state index in [2.05, 4.69) is 10.0 Å². The highest BCUT2D eigenvalue weighted by atomic mass is 32.2. The maximum Gasteiger partial charge on any atom is 0.262 e. The Hall–Kier alpha value is -3.72. The van der Waals surface area contributed by atoms with Gasteiger partial charge in [0.15, 0.2) is 12.4 Å². The van der Waals surface area contributed by atoms with E-state index in [-0.39, 0.29) is 23.0 Å². The molecule has 0 saturated heterocycles. The first-order valence-electron chi connectivity index (χ1n) is 9.71. The van der Waals surface area contributed by atoms with Gasteiger partial charge in [0.1, 0.15) is 11.6 Å². The fourth-order valence-corrected chi connectivity index (χ4v) is 3.80. The van der Waals surface area contributed by atoms with Gasteiger partial charge in [0.05, 0.1) is 4.90 Å². The molecular weight excluding hydrogens is 435 g/mol. The quantitative estimate of drug-likeness (QED) is 0.469. The second-order valence-corrected chi connectivity index (χ2v) is 8.46. The number of carbonyl (C=O) groups is 2. The number of anilines is 2. The first kappa shape index (κ1) is 23.0. The number of sulfonamides is 1. The van der Waals surface area contributed by atoms with Crippen molar-refractivity contribution >= 4 is 33.1 Å². The molecule has 0 unspecified atom stereocenters. The molecule has 3 aromatic rings. The number of benzene rings is 3. The van der Waals surface area contributed by atoms with Gasteiger partial charge in [-0.2, -0.15) is 0 Å². The van der Waals surface area contributed by atoms with E-state index < -0.39 is 21.7 Å². The Labute approximate surface area is 185 Å². The fraction of sp³-hybridized carbons (Fsp3) is 0.130. The number of ketones is 1. The predicted molar refractivity (Wildman–Crippen MR) is 119 cm³/mol. The minimum atomic E-state index is -3.86. The Morgan fingerprint density at radius 2 is 1.47 bits per heavy atom. The number of rotatable bonds is 9. The van der Waals surface area contributed by atoms with E-state index in [0.29, 0.717) is 23.4 Å². The molecule has 0 aromatic heterocycles. The fourth-order valence-electron chi connectivity index (χ4n) is 2.74. The Bertz CT molecular complexity index is 1190. The molecule has 0 aliphatic carbocycles. The summed E-state index contributed by atoms with van der Waals surface area (Å²) >= 11 is 0. The molecule has 0 heterocycles. The van der Waals surface area contributed by atoms with Gasteiger partial charge in [0, 0.05) is 23.4 Å². The lowest BCUT2D eigenvalue weighted by Gasteiger charge is -2.10. The Kier molecular flexibility index (Phi) is 7.21. The van der Waals surface area contributed by atoms with Crippen LogP contribution in [0.1, 0.15) is 23.7 Å². The van der Waals surface area contributed by atoms with E-state index in [9.17, 15) is 22.4 Å². The molecule has 7 nitrogen and oxygen atoms in total. The molecule has 2 N–H and O–H groups in total. The zero-order valence-electron chi connectivity index (χ0n) is 17.2. The van der Waals surface area contributed by atoms with Gasteiger partial charge >= 0.3 is 0 Å². The molecule has 0 spiro atoms. The molecule has 0 bridgehead atoms. The molecule has 32 heavy (non-hydrogen) atoms. The highest BCUT2D eigenvalue weighted by Crippen LogP contribution is 2.19. The van der Waals surface area contributed by atoms with Gasteiger partial charge in [-0.25, -0.2) is 12.8 Å². The molecule has 0 fully saturated rings. The molecule has 3 rings (SSSR count). The summed E-state index contributed by atoms with van der Waals surface area (Å²) in [6.07, 6.45) is 0.412. The standard InChI is InChI=1S/C23H21FN2O5S/c1-2-22(27)16-3-11-20(12-4-16)31-15-23(28)25-18-7-9-19(10-8-18)26-32(29,30)21-13-5-17(24)6-14-21/h3-14,26H,2,15H2,1H3,(H,25,28). The lowest BCUT2D eigenvalue weighted by molar-refractivity contribution is -0.118. The number of amides is 1. The smallest absolute Gasteiger partial charge is 0.262 e.